The molecular weight excluding hydrogens is 265 g/mol. The summed E-state index contributed by atoms with van der Waals surface area (Å²) in [5, 5.41) is 2.63. The lowest BCUT2D eigenvalue weighted by Crippen LogP contribution is -2.39. The van der Waals surface area contributed by atoms with Gasteiger partial charge in [0.1, 0.15) is 0 Å². The molecule has 0 saturated heterocycles. The first-order valence-corrected chi connectivity index (χ1v) is 7.29. The Morgan fingerprint density at radius 2 is 2.06 bits per heavy atom. The van der Waals surface area contributed by atoms with Crippen molar-refractivity contribution in [2.45, 2.75) is 38.4 Å². The van der Waals surface area contributed by atoms with E-state index in [2.05, 4.69) is 5.32 Å². The summed E-state index contributed by atoms with van der Waals surface area (Å²) in [6.45, 7) is 1.82. The molecule has 0 rings (SSSR count). The van der Waals surface area contributed by atoms with E-state index in [0.717, 1.165) is 0 Å². The number of halogens is 3. The topological polar surface area (TPSA) is 55.1 Å². The molecule has 0 aromatic heterocycles. The third-order valence-corrected chi connectivity index (χ3v) is 3.37. The number of thioether (sulfide) groups is 1. The molecule has 0 heterocycles. The standard InChI is InChI=1S/C11H21F3N2OS/c1-3-9(7-18-2)16-10(17)6-8(4-5-15)11(12,13)14/h8-9H,3-7,15H2,1-2H3,(H,16,17). The summed E-state index contributed by atoms with van der Waals surface area (Å²) < 4.78 is 37.8. The second kappa shape index (κ2) is 8.63. The van der Waals surface area contributed by atoms with Crippen LogP contribution in [0.1, 0.15) is 26.2 Å². The Morgan fingerprint density at radius 1 is 1.44 bits per heavy atom. The molecule has 0 aliphatic heterocycles. The van der Waals surface area contributed by atoms with Crippen LogP contribution in [-0.4, -0.2) is 36.7 Å². The van der Waals surface area contributed by atoms with E-state index in [1.807, 2.05) is 13.2 Å². The Bertz CT molecular complexity index is 249. The van der Waals surface area contributed by atoms with Crippen molar-refractivity contribution in [1.29, 1.82) is 0 Å². The number of carbonyl (C=O) groups excluding carboxylic acids is 1. The molecule has 0 aromatic rings. The van der Waals surface area contributed by atoms with Crippen LogP contribution in [0.5, 0.6) is 0 Å². The zero-order chi connectivity index (χ0) is 14.2. The van der Waals surface area contributed by atoms with Gasteiger partial charge in [-0.05, 0) is 25.6 Å². The van der Waals surface area contributed by atoms with Gasteiger partial charge in [-0.3, -0.25) is 4.79 Å². The number of alkyl halides is 3. The zero-order valence-electron chi connectivity index (χ0n) is 10.7. The van der Waals surface area contributed by atoms with Crippen molar-refractivity contribution in [3.8, 4) is 0 Å². The first kappa shape index (κ1) is 17.6. The minimum Gasteiger partial charge on any atom is -0.353 e. The van der Waals surface area contributed by atoms with E-state index in [4.69, 9.17) is 5.73 Å². The molecule has 0 spiro atoms. The lowest BCUT2D eigenvalue weighted by Gasteiger charge is -2.21. The number of amides is 1. The van der Waals surface area contributed by atoms with Gasteiger partial charge in [-0.2, -0.15) is 24.9 Å². The van der Waals surface area contributed by atoms with Crippen LogP contribution in [-0.2, 0) is 4.79 Å². The fraction of sp³-hybridized carbons (Fsp3) is 0.909. The molecule has 0 fully saturated rings. The maximum atomic E-state index is 12.6. The van der Waals surface area contributed by atoms with E-state index in [1.165, 1.54) is 0 Å². The molecule has 1 amide bonds. The molecule has 0 bridgehead atoms. The highest BCUT2D eigenvalue weighted by molar-refractivity contribution is 7.98. The molecule has 3 N–H and O–H groups in total. The molecule has 0 aliphatic rings. The first-order chi connectivity index (χ1) is 8.35. The highest BCUT2D eigenvalue weighted by Crippen LogP contribution is 2.31. The lowest BCUT2D eigenvalue weighted by atomic mass is 10.00. The number of hydrogen-bond donors (Lipinski definition) is 2. The van der Waals surface area contributed by atoms with Gasteiger partial charge in [0.2, 0.25) is 5.91 Å². The summed E-state index contributed by atoms with van der Waals surface area (Å²) in [6, 6.07) is -0.0701. The second-order valence-electron chi connectivity index (χ2n) is 4.15. The van der Waals surface area contributed by atoms with Gasteiger partial charge in [0.25, 0.3) is 0 Å². The third-order valence-electron chi connectivity index (χ3n) is 2.64. The van der Waals surface area contributed by atoms with E-state index in [9.17, 15) is 18.0 Å². The zero-order valence-corrected chi connectivity index (χ0v) is 11.5. The number of nitrogens with one attached hydrogen (secondary N) is 1. The Hall–Kier alpha value is -0.430. The maximum absolute atomic E-state index is 12.6. The predicted octanol–water partition coefficient (Wildman–Crippen LogP) is 2.16. The summed E-state index contributed by atoms with van der Waals surface area (Å²) >= 11 is 1.55. The van der Waals surface area contributed by atoms with Crippen molar-refractivity contribution in [3.05, 3.63) is 0 Å². The van der Waals surface area contributed by atoms with Crippen molar-refractivity contribution >= 4 is 17.7 Å². The molecule has 0 aliphatic carbocycles. The van der Waals surface area contributed by atoms with Crippen molar-refractivity contribution in [3.63, 3.8) is 0 Å². The molecule has 0 aromatic carbocycles. The highest BCUT2D eigenvalue weighted by Gasteiger charge is 2.40. The number of carbonyl (C=O) groups is 1. The predicted molar refractivity (Wildman–Crippen MR) is 68.4 cm³/mol. The Balaban J connectivity index is 4.33. The average molecular weight is 286 g/mol. The van der Waals surface area contributed by atoms with Gasteiger partial charge in [-0.25, -0.2) is 0 Å². The van der Waals surface area contributed by atoms with Gasteiger partial charge in [-0.1, -0.05) is 6.92 Å². The highest BCUT2D eigenvalue weighted by atomic mass is 32.2. The molecule has 0 radical (unpaired) electrons. The van der Waals surface area contributed by atoms with Crippen LogP contribution in [0.4, 0.5) is 13.2 Å². The minimum atomic E-state index is -4.36. The number of rotatable bonds is 8. The quantitative estimate of drug-likeness (QED) is 0.719. The molecule has 2 atom stereocenters. The lowest BCUT2D eigenvalue weighted by molar-refractivity contribution is -0.180. The van der Waals surface area contributed by atoms with Crippen LogP contribution in [0.3, 0.4) is 0 Å². The van der Waals surface area contributed by atoms with E-state index >= 15 is 0 Å². The second-order valence-corrected chi connectivity index (χ2v) is 5.06. The van der Waals surface area contributed by atoms with Crippen LogP contribution in [0.25, 0.3) is 0 Å². The van der Waals surface area contributed by atoms with Crippen molar-refractivity contribution in [1.82, 2.24) is 5.32 Å². The summed E-state index contributed by atoms with van der Waals surface area (Å²) in [7, 11) is 0. The van der Waals surface area contributed by atoms with E-state index in [1.54, 1.807) is 11.8 Å². The minimum absolute atomic E-state index is 0.0700. The summed E-state index contributed by atoms with van der Waals surface area (Å²) in [6.07, 6.45) is -2.51. The largest absolute Gasteiger partial charge is 0.392 e. The van der Waals surface area contributed by atoms with E-state index in [0.29, 0.717) is 12.2 Å². The van der Waals surface area contributed by atoms with Gasteiger partial charge in [-0.15, -0.1) is 0 Å². The smallest absolute Gasteiger partial charge is 0.353 e. The molecular formula is C11H21F3N2OS. The first-order valence-electron chi connectivity index (χ1n) is 5.90. The normalized spacial score (nSPS) is 15.2. The van der Waals surface area contributed by atoms with E-state index in [-0.39, 0.29) is 19.0 Å². The molecule has 2 unspecified atom stereocenters. The van der Waals surface area contributed by atoms with Crippen molar-refractivity contribution < 1.29 is 18.0 Å². The monoisotopic (exact) mass is 286 g/mol. The summed E-state index contributed by atoms with van der Waals surface area (Å²) in [5.74, 6) is -1.49. The molecule has 108 valence electrons. The van der Waals surface area contributed by atoms with Gasteiger partial charge in [0.15, 0.2) is 0 Å². The van der Waals surface area contributed by atoms with Crippen LogP contribution in [0, 0.1) is 5.92 Å². The van der Waals surface area contributed by atoms with E-state index < -0.39 is 24.4 Å². The Labute approximate surface area is 110 Å². The van der Waals surface area contributed by atoms with Gasteiger partial charge < -0.3 is 11.1 Å². The molecule has 7 heteroatoms. The summed E-state index contributed by atoms with van der Waals surface area (Å²) in [4.78, 5) is 11.6. The number of nitrogens with two attached hydrogens (primary N) is 1. The van der Waals surface area contributed by atoms with Crippen LogP contribution >= 0.6 is 11.8 Å². The molecule has 3 nitrogen and oxygen atoms in total. The summed E-state index contributed by atoms with van der Waals surface area (Å²) in [5.41, 5.74) is 5.14. The fourth-order valence-corrected chi connectivity index (χ4v) is 2.28. The van der Waals surface area contributed by atoms with Crippen LogP contribution in [0.15, 0.2) is 0 Å². The van der Waals surface area contributed by atoms with Gasteiger partial charge in [0, 0.05) is 18.2 Å². The SMILES string of the molecule is CCC(CSC)NC(=O)CC(CCN)C(F)(F)F. The average Bonchev–Trinajstić information content (AvgIpc) is 2.26. The molecule has 0 saturated carbocycles. The third kappa shape index (κ3) is 7.10. The van der Waals surface area contributed by atoms with Gasteiger partial charge >= 0.3 is 6.18 Å². The van der Waals surface area contributed by atoms with Crippen LogP contribution < -0.4 is 11.1 Å². The number of hydrogen-bond acceptors (Lipinski definition) is 3. The fourth-order valence-electron chi connectivity index (χ4n) is 1.56. The molecule has 18 heavy (non-hydrogen) atoms. The maximum Gasteiger partial charge on any atom is 0.392 e. The van der Waals surface area contributed by atoms with Crippen molar-refractivity contribution in [2.75, 3.05) is 18.6 Å². The Morgan fingerprint density at radius 3 is 2.44 bits per heavy atom. The Kier molecular flexibility index (Phi) is 8.43. The van der Waals surface area contributed by atoms with Gasteiger partial charge in [0.05, 0.1) is 5.92 Å². The van der Waals surface area contributed by atoms with Crippen molar-refractivity contribution in [2.24, 2.45) is 11.7 Å². The van der Waals surface area contributed by atoms with Crippen LogP contribution in [0.2, 0.25) is 0 Å².